The molecule has 1 aromatic carbocycles. The van der Waals surface area contributed by atoms with E-state index >= 15 is 0 Å². The van der Waals surface area contributed by atoms with Crippen LogP contribution in [0.4, 0.5) is 10.3 Å². The molecule has 3 aromatic rings. The van der Waals surface area contributed by atoms with Crippen LogP contribution in [0.1, 0.15) is 23.2 Å². The Balaban J connectivity index is 1.65. The normalized spacial score (nSPS) is 12.8. The second-order valence-corrected chi connectivity index (χ2v) is 6.04. The van der Waals surface area contributed by atoms with Crippen LogP contribution >= 0.6 is 0 Å². The van der Waals surface area contributed by atoms with Crippen molar-refractivity contribution in [3.05, 3.63) is 65.4 Å². The van der Waals surface area contributed by atoms with Gasteiger partial charge in [-0.1, -0.05) is 12.1 Å². The van der Waals surface area contributed by atoms with Crippen LogP contribution in [0, 0.1) is 5.82 Å². The molecule has 2 heterocycles. The van der Waals surface area contributed by atoms with Crippen molar-refractivity contribution in [1.82, 2.24) is 15.0 Å². The van der Waals surface area contributed by atoms with Crippen molar-refractivity contribution < 1.29 is 9.13 Å². The average Bonchev–Trinajstić information content (AvgIpc) is 3.09. The highest BCUT2D eigenvalue weighted by Gasteiger charge is 2.20. The van der Waals surface area contributed by atoms with Gasteiger partial charge in [0.25, 0.3) is 0 Å². The Kier molecular flexibility index (Phi) is 4.01. The molecule has 0 amide bonds. The number of fused-ring (bicyclic) bond motifs is 1. The monoisotopic (exact) mass is 336 g/mol. The lowest BCUT2D eigenvalue weighted by Gasteiger charge is -2.12. The first-order valence-corrected chi connectivity index (χ1v) is 8.17. The molecule has 4 rings (SSSR count). The molecule has 6 heteroatoms. The molecule has 0 bridgehead atoms. The molecule has 2 aromatic heterocycles. The molecular formula is C19H17FN4O. The molecule has 0 unspecified atom stereocenters. The molecule has 25 heavy (non-hydrogen) atoms. The topological polar surface area (TPSA) is 73.9 Å². The number of rotatable bonds is 4. The minimum absolute atomic E-state index is 0.247. The molecule has 0 saturated carbocycles. The molecule has 1 aliphatic rings. The second-order valence-electron chi connectivity index (χ2n) is 6.04. The summed E-state index contributed by atoms with van der Waals surface area (Å²) in [6.07, 6.45) is 6.40. The first kappa shape index (κ1) is 15.5. The van der Waals surface area contributed by atoms with Crippen molar-refractivity contribution >= 4 is 5.95 Å². The van der Waals surface area contributed by atoms with Gasteiger partial charge in [0.1, 0.15) is 12.4 Å². The number of nitrogens with two attached hydrogens (primary N) is 1. The molecule has 0 aliphatic heterocycles. The predicted octanol–water partition coefficient (Wildman–Crippen LogP) is 3.33. The van der Waals surface area contributed by atoms with Crippen molar-refractivity contribution in [2.45, 2.75) is 25.9 Å². The third-order valence-corrected chi connectivity index (χ3v) is 4.29. The summed E-state index contributed by atoms with van der Waals surface area (Å²) in [6.45, 7) is 0.265. The zero-order chi connectivity index (χ0) is 17.2. The van der Waals surface area contributed by atoms with Gasteiger partial charge in [-0.15, -0.1) is 0 Å². The number of hydrogen-bond acceptors (Lipinski definition) is 5. The number of hydrogen-bond donors (Lipinski definition) is 1. The summed E-state index contributed by atoms with van der Waals surface area (Å²) < 4.78 is 19.1. The van der Waals surface area contributed by atoms with Gasteiger partial charge in [-0.25, -0.2) is 19.3 Å². The summed E-state index contributed by atoms with van der Waals surface area (Å²) in [4.78, 5) is 12.8. The molecule has 5 nitrogen and oxygen atoms in total. The van der Waals surface area contributed by atoms with E-state index in [1.807, 2.05) is 12.1 Å². The average molecular weight is 336 g/mol. The lowest BCUT2D eigenvalue weighted by molar-refractivity contribution is 0.292. The smallest absolute Gasteiger partial charge is 0.219 e. The summed E-state index contributed by atoms with van der Waals surface area (Å²) in [7, 11) is 0. The third kappa shape index (κ3) is 3.28. The van der Waals surface area contributed by atoms with Gasteiger partial charge in [-0.05, 0) is 48.1 Å². The van der Waals surface area contributed by atoms with Crippen LogP contribution in [-0.2, 0) is 19.4 Å². The molecule has 0 fully saturated rings. The molecule has 0 radical (unpaired) electrons. The van der Waals surface area contributed by atoms with E-state index in [0.717, 1.165) is 41.6 Å². The first-order valence-electron chi connectivity index (χ1n) is 8.17. The van der Waals surface area contributed by atoms with E-state index in [9.17, 15) is 4.39 Å². The third-order valence-electron chi connectivity index (χ3n) is 4.29. The van der Waals surface area contributed by atoms with Crippen molar-refractivity contribution in [3.63, 3.8) is 0 Å². The summed E-state index contributed by atoms with van der Waals surface area (Å²) in [5, 5.41) is 0. The largest absolute Gasteiger partial charge is 0.473 e. The Morgan fingerprint density at radius 2 is 1.96 bits per heavy atom. The van der Waals surface area contributed by atoms with Crippen molar-refractivity contribution in [1.29, 1.82) is 0 Å². The highest BCUT2D eigenvalue weighted by Crippen LogP contribution is 2.34. The Morgan fingerprint density at radius 1 is 1.12 bits per heavy atom. The maximum atomic E-state index is 13.3. The minimum atomic E-state index is -0.275. The number of aryl methyl sites for hydroxylation is 1. The summed E-state index contributed by atoms with van der Waals surface area (Å²) >= 11 is 0. The van der Waals surface area contributed by atoms with Crippen molar-refractivity contribution in [2.75, 3.05) is 5.73 Å². The maximum absolute atomic E-state index is 13.3. The molecule has 0 atom stereocenters. The summed E-state index contributed by atoms with van der Waals surface area (Å²) in [5.41, 5.74) is 10.5. The Hall–Kier alpha value is -3.02. The number of nitrogens with zero attached hydrogens (tertiary/aromatic N) is 3. The van der Waals surface area contributed by atoms with Gasteiger partial charge in [0.05, 0.1) is 0 Å². The van der Waals surface area contributed by atoms with E-state index in [1.54, 1.807) is 18.5 Å². The SMILES string of the molecule is Nc1ncc(-c2cc(OCc3cccc(F)c3)nc3c2CCC3)cn1. The van der Waals surface area contributed by atoms with Crippen LogP contribution < -0.4 is 10.5 Å². The van der Waals surface area contributed by atoms with Crippen molar-refractivity contribution in [2.24, 2.45) is 0 Å². The van der Waals surface area contributed by atoms with Crippen LogP contribution in [0.25, 0.3) is 11.1 Å². The quantitative estimate of drug-likeness (QED) is 0.791. The lowest BCUT2D eigenvalue weighted by Crippen LogP contribution is -2.02. The number of halogens is 1. The fraction of sp³-hybridized carbons (Fsp3) is 0.211. The van der Waals surface area contributed by atoms with Crippen LogP contribution in [0.3, 0.4) is 0 Å². The van der Waals surface area contributed by atoms with E-state index in [4.69, 9.17) is 10.5 Å². The molecule has 2 N–H and O–H groups in total. The van der Waals surface area contributed by atoms with E-state index in [1.165, 1.54) is 17.7 Å². The van der Waals surface area contributed by atoms with Gasteiger partial charge >= 0.3 is 0 Å². The van der Waals surface area contributed by atoms with Crippen LogP contribution in [0.15, 0.2) is 42.7 Å². The summed E-state index contributed by atoms with van der Waals surface area (Å²) in [5.74, 6) is 0.497. The Labute approximate surface area is 144 Å². The molecule has 0 spiro atoms. The Morgan fingerprint density at radius 3 is 2.76 bits per heavy atom. The Bertz CT molecular complexity index is 912. The number of benzene rings is 1. The highest BCUT2D eigenvalue weighted by molar-refractivity contribution is 5.69. The zero-order valence-electron chi connectivity index (χ0n) is 13.6. The number of ether oxygens (including phenoxy) is 1. The minimum Gasteiger partial charge on any atom is -0.473 e. The second kappa shape index (κ2) is 6.47. The highest BCUT2D eigenvalue weighted by atomic mass is 19.1. The van der Waals surface area contributed by atoms with Gasteiger partial charge in [0.15, 0.2) is 0 Å². The molecule has 1 aliphatic carbocycles. The number of pyridine rings is 1. The van der Waals surface area contributed by atoms with Gasteiger partial charge < -0.3 is 10.5 Å². The van der Waals surface area contributed by atoms with E-state index < -0.39 is 0 Å². The van der Waals surface area contributed by atoms with Crippen molar-refractivity contribution in [3.8, 4) is 17.0 Å². The van der Waals surface area contributed by atoms with Gasteiger partial charge in [0.2, 0.25) is 11.8 Å². The number of anilines is 1. The lowest BCUT2D eigenvalue weighted by atomic mass is 10.0. The van der Waals surface area contributed by atoms with Gasteiger partial charge in [0, 0.05) is 29.7 Å². The zero-order valence-corrected chi connectivity index (χ0v) is 13.6. The first-order chi connectivity index (χ1) is 12.2. The van der Waals surface area contributed by atoms with Crippen LogP contribution in [0.5, 0.6) is 5.88 Å². The molecule has 126 valence electrons. The molecular weight excluding hydrogens is 319 g/mol. The van der Waals surface area contributed by atoms with E-state index in [-0.39, 0.29) is 18.4 Å². The fourth-order valence-electron chi connectivity index (χ4n) is 3.11. The predicted molar refractivity (Wildman–Crippen MR) is 92.4 cm³/mol. The maximum Gasteiger partial charge on any atom is 0.219 e. The van der Waals surface area contributed by atoms with E-state index in [2.05, 4.69) is 15.0 Å². The van der Waals surface area contributed by atoms with E-state index in [0.29, 0.717) is 5.88 Å². The number of aromatic nitrogens is 3. The standard InChI is InChI=1S/C19H17FN4O/c20-14-4-1-3-12(7-14)11-25-18-8-16(13-9-22-19(21)23-10-13)15-5-2-6-17(15)24-18/h1,3-4,7-10H,2,5-6,11H2,(H2,21,22,23). The fourth-order valence-corrected chi connectivity index (χ4v) is 3.11. The van der Waals surface area contributed by atoms with Crippen LogP contribution in [-0.4, -0.2) is 15.0 Å². The summed E-state index contributed by atoms with van der Waals surface area (Å²) in [6, 6.07) is 8.27. The molecule has 0 saturated heterocycles. The van der Waals surface area contributed by atoms with Gasteiger partial charge in [-0.3, -0.25) is 0 Å². The number of nitrogen functional groups attached to an aromatic ring is 1. The van der Waals surface area contributed by atoms with Crippen LogP contribution in [0.2, 0.25) is 0 Å². The van der Waals surface area contributed by atoms with Gasteiger partial charge in [-0.2, -0.15) is 0 Å².